The third-order valence-electron chi connectivity index (χ3n) is 3.15. The molecule has 23 heavy (non-hydrogen) atoms. The fourth-order valence-electron chi connectivity index (χ4n) is 2.16. The molecule has 0 saturated heterocycles. The Morgan fingerprint density at radius 3 is 2.57 bits per heavy atom. The van der Waals surface area contributed by atoms with Gasteiger partial charge in [0.05, 0.1) is 0 Å². The van der Waals surface area contributed by atoms with Crippen molar-refractivity contribution >= 4 is 30.7 Å². The zero-order chi connectivity index (χ0) is 15.4. The molecule has 0 aliphatic rings. The molecule has 3 N–H and O–H groups in total. The molecule has 0 radical (unpaired) electrons. The highest BCUT2D eigenvalue weighted by Crippen LogP contribution is 2.23. The van der Waals surface area contributed by atoms with E-state index in [9.17, 15) is 9.18 Å². The van der Waals surface area contributed by atoms with Crippen molar-refractivity contribution in [2.45, 2.75) is 25.4 Å². The van der Waals surface area contributed by atoms with Gasteiger partial charge in [-0.25, -0.2) is 9.37 Å². The highest BCUT2D eigenvalue weighted by Gasteiger charge is 2.23. The zero-order valence-electron chi connectivity index (χ0n) is 12.9. The number of hydrogen-bond acceptors (Lipinski definition) is 3. The van der Waals surface area contributed by atoms with Crippen LogP contribution in [0.25, 0.3) is 0 Å². The Balaban J connectivity index is 0.00000242. The molecule has 2 rings (SSSR count). The number of benzene rings is 1. The molecule has 8 heteroatoms. The molecule has 2 unspecified atom stereocenters. The second-order valence-corrected chi connectivity index (χ2v) is 5.10. The Morgan fingerprint density at radius 2 is 2.04 bits per heavy atom. The molecule has 2 aromatic rings. The van der Waals surface area contributed by atoms with E-state index < -0.39 is 6.04 Å². The summed E-state index contributed by atoms with van der Waals surface area (Å²) in [5.41, 5.74) is 6.01. The molecule has 0 spiro atoms. The number of nitrogens with one attached hydrogen (secondary N) is 1. The largest absolute Gasteiger partial charge is 0.342 e. The molecule has 1 amide bonds. The van der Waals surface area contributed by atoms with Crippen LogP contribution in [0.3, 0.4) is 0 Å². The van der Waals surface area contributed by atoms with Crippen LogP contribution >= 0.6 is 24.8 Å². The summed E-state index contributed by atoms with van der Waals surface area (Å²) in [6, 6.07) is 5.44. The van der Waals surface area contributed by atoms with Gasteiger partial charge < -0.3 is 15.6 Å². The minimum Gasteiger partial charge on any atom is -0.342 e. The van der Waals surface area contributed by atoms with E-state index >= 15 is 0 Å². The van der Waals surface area contributed by atoms with E-state index in [1.165, 1.54) is 6.07 Å². The summed E-state index contributed by atoms with van der Waals surface area (Å²) in [5, 5.41) is 2.81. The molecular formula is C15H21Cl2FN4O. The van der Waals surface area contributed by atoms with Gasteiger partial charge in [-0.1, -0.05) is 18.2 Å². The number of amides is 1. The van der Waals surface area contributed by atoms with E-state index in [0.717, 1.165) is 0 Å². The number of aromatic nitrogens is 2. The van der Waals surface area contributed by atoms with Gasteiger partial charge in [0.1, 0.15) is 17.7 Å². The number of rotatable bonds is 5. The molecule has 0 aliphatic heterocycles. The highest BCUT2D eigenvalue weighted by molar-refractivity contribution is 5.85. The Kier molecular flexibility index (Phi) is 8.82. The predicted molar refractivity (Wildman–Crippen MR) is 92.4 cm³/mol. The number of halogens is 3. The average Bonchev–Trinajstić information content (AvgIpc) is 2.82. The van der Waals surface area contributed by atoms with E-state index in [1.54, 1.807) is 49.1 Å². The van der Waals surface area contributed by atoms with Crippen LogP contribution in [0.15, 0.2) is 36.7 Å². The number of aryl methyl sites for hydroxylation is 1. The molecule has 0 fully saturated rings. The summed E-state index contributed by atoms with van der Waals surface area (Å²) in [7, 11) is 1.80. The van der Waals surface area contributed by atoms with Gasteiger partial charge in [-0.3, -0.25) is 4.79 Å². The van der Waals surface area contributed by atoms with Gasteiger partial charge in [0, 0.05) is 37.5 Å². The van der Waals surface area contributed by atoms with Gasteiger partial charge in [-0.2, -0.15) is 0 Å². The maximum absolute atomic E-state index is 14.1. The van der Waals surface area contributed by atoms with Crippen LogP contribution in [0.1, 0.15) is 30.8 Å². The Morgan fingerprint density at radius 1 is 1.39 bits per heavy atom. The number of hydrogen-bond donors (Lipinski definition) is 2. The number of nitrogens with two attached hydrogens (primary N) is 1. The Hall–Kier alpha value is -1.63. The normalized spacial score (nSPS) is 12.5. The van der Waals surface area contributed by atoms with Crippen LogP contribution in [0, 0.1) is 5.82 Å². The summed E-state index contributed by atoms with van der Waals surface area (Å²) in [5.74, 6) is -0.0500. The van der Waals surface area contributed by atoms with Crippen molar-refractivity contribution in [3.05, 3.63) is 53.9 Å². The van der Waals surface area contributed by atoms with Crippen LogP contribution in [0.4, 0.5) is 4.39 Å². The topological polar surface area (TPSA) is 72.9 Å². The number of imidazole rings is 1. The number of carbonyl (C=O) groups is 1. The van der Waals surface area contributed by atoms with E-state index in [0.29, 0.717) is 11.4 Å². The predicted octanol–water partition coefficient (Wildman–Crippen LogP) is 2.35. The van der Waals surface area contributed by atoms with Crippen molar-refractivity contribution in [3.63, 3.8) is 0 Å². The average molecular weight is 363 g/mol. The number of nitrogens with zero attached hydrogens (tertiary/aromatic N) is 2. The molecular weight excluding hydrogens is 342 g/mol. The first kappa shape index (κ1) is 21.4. The minimum absolute atomic E-state index is 0. The van der Waals surface area contributed by atoms with Gasteiger partial charge in [0.15, 0.2) is 0 Å². The third kappa shape index (κ3) is 5.49. The van der Waals surface area contributed by atoms with Crippen molar-refractivity contribution in [1.29, 1.82) is 0 Å². The lowest BCUT2D eigenvalue weighted by molar-refractivity contribution is -0.121. The van der Waals surface area contributed by atoms with Crippen LogP contribution in [0.2, 0.25) is 0 Å². The van der Waals surface area contributed by atoms with Gasteiger partial charge in [0.2, 0.25) is 5.91 Å². The van der Waals surface area contributed by atoms with Crippen LogP contribution in [0.5, 0.6) is 0 Å². The Bertz CT molecular complexity index is 633. The molecule has 0 bridgehead atoms. The van der Waals surface area contributed by atoms with Gasteiger partial charge in [-0.15, -0.1) is 24.8 Å². The van der Waals surface area contributed by atoms with Crippen molar-refractivity contribution in [1.82, 2.24) is 14.9 Å². The second kappa shape index (κ2) is 9.50. The fourth-order valence-corrected chi connectivity index (χ4v) is 2.16. The quantitative estimate of drug-likeness (QED) is 0.857. The summed E-state index contributed by atoms with van der Waals surface area (Å²) in [6.07, 6.45) is 3.54. The van der Waals surface area contributed by atoms with Crippen molar-refractivity contribution in [3.8, 4) is 0 Å². The van der Waals surface area contributed by atoms with Crippen molar-refractivity contribution in [2.75, 3.05) is 0 Å². The standard InChI is InChI=1S/C15H19FN4O.2ClH/c1-10(17)9-13(21)19-14(15-18-7-8-20(15)2)11-5-3-4-6-12(11)16;;/h3-8,10,14H,9,17H2,1-2H3,(H,19,21);2*1H. The van der Waals surface area contributed by atoms with Gasteiger partial charge >= 0.3 is 0 Å². The fraction of sp³-hybridized carbons (Fsp3) is 0.333. The second-order valence-electron chi connectivity index (χ2n) is 5.10. The monoisotopic (exact) mass is 362 g/mol. The highest BCUT2D eigenvalue weighted by atomic mass is 35.5. The first-order valence-corrected chi connectivity index (χ1v) is 6.75. The molecule has 0 aliphatic carbocycles. The van der Waals surface area contributed by atoms with E-state index in [-0.39, 0.29) is 49.0 Å². The maximum atomic E-state index is 14.1. The van der Waals surface area contributed by atoms with E-state index in [1.807, 2.05) is 0 Å². The van der Waals surface area contributed by atoms with Crippen LogP contribution < -0.4 is 11.1 Å². The lowest BCUT2D eigenvalue weighted by Crippen LogP contribution is -2.35. The SMILES string of the molecule is CC(N)CC(=O)NC(c1ccccc1F)c1nccn1C.Cl.Cl. The maximum Gasteiger partial charge on any atom is 0.222 e. The summed E-state index contributed by atoms with van der Waals surface area (Å²) in [6.45, 7) is 1.75. The molecule has 1 aromatic carbocycles. The molecule has 1 aromatic heterocycles. The lowest BCUT2D eigenvalue weighted by atomic mass is 10.0. The smallest absolute Gasteiger partial charge is 0.222 e. The van der Waals surface area contributed by atoms with E-state index in [4.69, 9.17) is 5.73 Å². The van der Waals surface area contributed by atoms with Crippen molar-refractivity contribution < 1.29 is 9.18 Å². The molecule has 5 nitrogen and oxygen atoms in total. The molecule has 2 atom stereocenters. The van der Waals surface area contributed by atoms with E-state index in [2.05, 4.69) is 10.3 Å². The molecule has 1 heterocycles. The Labute approximate surface area is 147 Å². The third-order valence-corrected chi connectivity index (χ3v) is 3.15. The van der Waals surface area contributed by atoms with Crippen LogP contribution in [-0.4, -0.2) is 21.5 Å². The van der Waals surface area contributed by atoms with Gasteiger partial charge in [-0.05, 0) is 13.0 Å². The van der Waals surface area contributed by atoms with Gasteiger partial charge in [0.25, 0.3) is 0 Å². The first-order valence-electron chi connectivity index (χ1n) is 6.75. The number of carbonyl (C=O) groups excluding carboxylic acids is 1. The molecule has 0 saturated carbocycles. The zero-order valence-corrected chi connectivity index (χ0v) is 14.5. The summed E-state index contributed by atoms with van der Waals surface area (Å²) < 4.78 is 15.8. The van der Waals surface area contributed by atoms with Crippen molar-refractivity contribution in [2.24, 2.45) is 12.8 Å². The summed E-state index contributed by atoms with van der Waals surface area (Å²) in [4.78, 5) is 16.2. The lowest BCUT2D eigenvalue weighted by Gasteiger charge is -2.20. The first-order chi connectivity index (χ1) is 9.99. The summed E-state index contributed by atoms with van der Waals surface area (Å²) >= 11 is 0. The minimum atomic E-state index is -0.641. The van der Waals surface area contributed by atoms with Crippen LogP contribution in [-0.2, 0) is 11.8 Å². The molecule has 128 valence electrons.